The lowest BCUT2D eigenvalue weighted by molar-refractivity contribution is 0.364. The van der Waals surface area contributed by atoms with Gasteiger partial charge < -0.3 is 4.57 Å². The number of nitrogens with zero attached hydrogens (tertiary/aromatic N) is 1. The van der Waals surface area contributed by atoms with Crippen molar-refractivity contribution in [3.8, 4) is 20.9 Å². The number of thiophene rings is 2. The van der Waals surface area contributed by atoms with Gasteiger partial charge in [-0.15, -0.1) is 22.7 Å². The molecule has 5 heteroatoms. The van der Waals surface area contributed by atoms with E-state index in [0.717, 1.165) is 6.54 Å². The largest absolute Gasteiger partial charge is 0.340 e. The number of hydrogen-bond acceptors (Lipinski definition) is 2. The highest BCUT2D eigenvalue weighted by molar-refractivity contribution is 9.11. The van der Waals surface area contributed by atoms with Crippen LogP contribution in [0.2, 0.25) is 0 Å². The minimum atomic E-state index is 0.715. The molecule has 0 aliphatic carbocycles. The Labute approximate surface area is 322 Å². The van der Waals surface area contributed by atoms with Gasteiger partial charge in [-0.1, -0.05) is 154 Å². The molecule has 0 aliphatic rings. The Balaban J connectivity index is 1.35. The Kier molecular flexibility index (Phi) is 16.8. The van der Waals surface area contributed by atoms with E-state index in [9.17, 15) is 0 Å². The van der Waals surface area contributed by atoms with Crippen LogP contribution in [-0.4, -0.2) is 4.57 Å². The second-order valence-electron chi connectivity index (χ2n) is 14.4. The van der Waals surface area contributed by atoms with Gasteiger partial charge in [0.15, 0.2) is 0 Å². The lowest BCUT2D eigenvalue weighted by Gasteiger charge is -2.20. The van der Waals surface area contributed by atoms with Crippen LogP contribution in [0.5, 0.6) is 0 Å². The van der Waals surface area contributed by atoms with E-state index in [4.69, 9.17) is 0 Å². The van der Waals surface area contributed by atoms with E-state index in [2.05, 4.69) is 111 Å². The summed E-state index contributed by atoms with van der Waals surface area (Å²) in [6.07, 6.45) is 27.9. The van der Waals surface area contributed by atoms with Crippen molar-refractivity contribution >= 4 is 76.3 Å². The molecule has 0 fully saturated rings. The lowest BCUT2D eigenvalue weighted by Crippen LogP contribution is -2.11. The van der Waals surface area contributed by atoms with Gasteiger partial charge in [-0.25, -0.2) is 0 Å². The molecule has 0 spiro atoms. The summed E-state index contributed by atoms with van der Waals surface area (Å²) in [7, 11) is 0. The molecule has 1 nitrogen and oxygen atoms in total. The van der Waals surface area contributed by atoms with Gasteiger partial charge in [0.25, 0.3) is 0 Å². The number of halogens is 2. The Morgan fingerprint density at radius 1 is 0.490 bits per heavy atom. The van der Waals surface area contributed by atoms with Gasteiger partial charge in [-0.2, -0.15) is 0 Å². The summed E-state index contributed by atoms with van der Waals surface area (Å²) in [4.78, 5) is 2.66. The summed E-state index contributed by atoms with van der Waals surface area (Å²) >= 11 is 11.1. The fourth-order valence-corrected chi connectivity index (χ4v) is 10.4. The Hall–Kier alpha value is -1.40. The van der Waals surface area contributed by atoms with Crippen molar-refractivity contribution in [1.82, 2.24) is 4.57 Å². The van der Waals surface area contributed by atoms with E-state index >= 15 is 0 Å². The number of aromatic nitrogens is 1. The van der Waals surface area contributed by atoms with E-state index in [1.54, 1.807) is 0 Å². The second kappa shape index (κ2) is 21.2. The average molecular weight is 826 g/mol. The van der Waals surface area contributed by atoms with Crippen molar-refractivity contribution in [3.63, 3.8) is 0 Å². The highest BCUT2D eigenvalue weighted by Crippen LogP contribution is 2.40. The van der Waals surface area contributed by atoms with Crippen molar-refractivity contribution in [3.05, 3.63) is 68.2 Å². The zero-order chi connectivity index (χ0) is 34.3. The van der Waals surface area contributed by atoms with Gasteiger partial charge in [0.2, 0.25) is 0 Å². The van der Waals surface area contributed by atoms with Crippen LogP contribution in [0.25, 0.3) is 42.7 Å². The minimum Gasteiger partial charge on any atom is -0.340 e. The highest BCUT2D eigenvalue weighted by atomic mass is 79.9. The summed E-state index contributed by atoms with van der Waals surface area (Å²) in [6, 6.07) is 23.2. The summed E-state index contributed by atoms with van der Waals surface area (Å²) in [6.45, 7) is 5.74. The third-order valence-electron chi connectivity index (χ3n) is 10.5. The average Bonchev–Trinajstić information content (AvgIpc) is 3.83. The van der Waals surface area contributed by atoms with Gasteiger partial charge in [0, 0.05) is 38.1 Å². The van der Waals surface area contributed by atoms with Crippen molar-refractivity contribution < 1.29 is 0 Å². The first-order chi connectivity index (χ1) is 24.1. The smallest absolute Gasteiger partial charge is 0.0705 e. The Morgan fingerprint density at radius 2 is 0.878 bits per heavy atom. The summed E-state index contributed by atoms with van der Waals surface area (Å²) in [5.74, 6) is 0.715. The van der Waals surface area contributed by atoms with Crippen molar-refractivity contribution in [2.75, 3.05) is 0 Å². The molecule has 0 radical (unpaired) electrons. The molecule has 3 heterocycles. The number of hydrogen-bond donors (Lipinski definition) is 0. The first-order valence-electron chi connectivity index (χ1n) is 19.6. The first-order valence-corrected chi connectivity index (χ1v) is 22.9. The van der Waals surface area contributed by atoms with Crippen LogP contribution in [0.15, 0.2) is 68.2 Å². The van der Waals surface area contributed by atoms with Crippen LogP contribution < -0.4 is 0 Å². The van der Waals surface area contributed by atoms with Crippen LogP contribution in [-0.2, 0) is 6.54 Å². The molecule has 0 saturated carbocycles. The quantitative estimate of drug-likeness (QED) is 0.0546. The number of unbranched alkanes of at least 4 members (excludes halogenated alkanes) is 16. The molecule has 2 aromatic carbocycles. The molecule has 0 amide bonds. The molecule has 266 valence electrons. The van der Waals surface area contributed by atoms with E-state index < -0.39 is 0 Å². The van der Waals surface area contributed by atoms with Gasteiger partial charge in [0.1, 0.15) is 0 Å². The van der Waals surface area contributed by atoms with Crippen LogP contribution in [0.4, 0.5) is 0 Å². The molecule has 0 saturated heterocycles. The predicted molar refractivity (Wildman–Crippen MR) is 229 cm³/mol. The molecule has 0 bridgehead atoms. The van der Waals surface area contributed by atoms with Crippen molar-refractivity contribution in [1.29, 1.82) is 0 Å². The maximum Gasteiger partial charge on any atom is 0.0705 e. The summed E-state index contributed by atoms with van der Waals surface area (Å²) < 4.78 is 5.10. The number of fused-ring (bicyclic) bond motifs is 3. The minimum absolute atomic E-state index is 0.715. The Morgan fingerprint density at radius 3 is 1.24 bits per heavy atom. The van der Waals surface area contributed by atoms with Gasteiger partial charge in [-0.3, -0.25) is 0 Å². The van der Waals surface area contributed by atoms with Crippen molar-refractivity contribution in [2.45, 2.75) is 149 Å². The molecule has 0 aliphatic heterocycles. The topological polar surface area (TPSA) is 4.93 Å². The van der Waals surface area contributed by atoms with Crippen LogP contribution >= 0.6 is 54.5 Å². The lowest BCUT2D eigenvalue weighted by atomic mass is 9.93. The van der Waals surface area contributed by atoms with Gasteiger partial charge in [0.05, 0.1) is 7.57 Å². The van der Waals surface area contributed by atoms with Crippen LogP contribution in [0.3, 0.4) is 0 Å². The van der Waals surface area contributed by atoms with E-state index in [-0.39, 0.29) is 0 Å². The maximum atomic E-state index is 3.70. The number of benzene rings is 2. The molecule has 5 rings (SSSR count). The predicted octanol–water partition coefficient (Wildman–Crippen LogP) is 17.2. The maximum absolute atomic E-state index is 3.70. The zero-order valence-corrected chi connectivity index (χ0v) is 35.0. The molecule has 49 heavy (non-hydrogen) atoms. The first kappa shape index (κ1) is 38.8. The van der Waals surface area contributed by atoms with E-state index in [0.29, 0.717) is 5.92 Å². The van der Waals surface area contributed by atoms with Gasteiger partial charge in [-0.05, 0) is 98.1 Å². The third-order valence-corrected chi connectivity index (χ3v) is 13.8. The normalized spacial score (nSPS) is 12.5. The summed E-state index contributed by atoms with van der Waals surface area (Å²) in [5, 5.41) is 2.77. The molecule has 3 aromatic heterocycles. The van der Waals surface area contributed by atoms with E-state index in [1.165, 1.54) is 179 Å². The molecule has 1 unspecified atom stereocenters. The van der Waals surface area contributed by atoms with E-state index in [1.807, 2.05) is 22.7 Å². The molecule has 1 atom stereocenters. The highest BCUT2D eigenvalue weighted by Gasteiger charge is 2.18. The Bertz CT molecular complexity index is 1580. The molecule has 5 aromatic rings. The van der Waals surface area contributed by atoms with Crippen LogP contribution in [0.1, 0.15) is 142 Å². The third kappa shape index (κ3) is 11.8. The molecular formula is C44H59Br2NS2. The monoisotopic (exact) mass is 823 g/mol. The summed E-state index contributed by atoms with van der Waals surface area (Å²) in [5.41, 5.74) is 5.43. The fraction of sp³-hybridized carbons (Fsp3) is 0.545. The SMILES string of the molecule is CCCCCCCCCCCCC(CCCCCCCCCC)Cn1c2cc(-c3ccc(Br)s3)ccc2c2ccc(-c3ccc(Br)s3)cc21. The zero-order valence-electron chi connectivity index (χ0n) is 30.2. The standard InChI is InChI=1S/C44H59Br2NS2/c1-3-5-7-9-11-13-14-16-18-20-22-34(21-19-17-15-12-10-8-6-4-2)33-47-39-31-35(41-27-29-43(45)48-41)23-25-37(39)38-26-24-36(32-40(38)47)42-28-30-44(46)49-42/h23-32,34H,3-22,33H2,1-2H3. The fourth-order valence-electron chi connectivity index (χ4n) is 7.61. The molecule has 0 N–H and O–H groups in total. The number of rotatable bonds is 24. The van der Waals surface area contributed by atoms with Crippen LogP contribution in [0, 0.1) is 5.92 Å². The van der Waals surface area contributed by atoms with Gasteiger partial charge >= 0.3 is 0 Å². The second-order valence-corrected chi connectivity index (χ2v) is 19.3. The van der Waals surface area contributed by atoms with Crippen molar-refractivity contribution in [2.24, 2.45) is 5.92 Å². The molecular weight excluding hydrogens is 766 g/mol.